The van der Waals surface area contributed by atoms with Crippen LogP contribution < -0.4 is 9.64 Å². The van der Waals surface area contributed by atoms with Crippen LogP contribution >= 0.6 is 0 Å². The Bertz CT molecular complexity index is 1410. The first-order chi connectivity index (χ1) is 18.5. The Labute approximate surface area is 223 Å². The Balaban J connectivity index is 1.16. The van der Waals surface area contributed by atoms with Crippen LogP contribution in [0.3, 0.4) is 0 Å². The average Bonchev–Trinajstić information content (AvgIpc) is 3.47. The summed E-state index contributed by atoms with van der Waals surface area (Å²) in [5.41, 5.74) is 3.81. The van der Waals surface area contributed by atoms with Gasteiger partial charge in [0.05, 0.1) is 17.8 Å². The van der Waals surface area contributed by atoms with Crippen LogP contribution in [0.5, 0.6) is 5.75 Å². The van der Waals surface area contributed by atoms with Gasteiger partial charge in [0.25, 0.3) is 0 Å². The first-order valence-corrected chi connectivity index (χ1v) is 13.5. The number of carbonyl (C=O) groups is 1. The first kappa shape index (κ1) is 24.5. The molecule has 2 aliphatic heterocycles. The zero-order valence-corrected chi connectivity index (χ0v) is 22.0. The molecule has 1 spiro atoms. The SMILES string of the molecule is CC(C)n1nc(CN2CCC3(CC2)CN(c2ccccc2)C(=O)O3)c2cc(OCc3ccccc3)ccc21. The van der Waals surface area contributed by atoms with Crippen molar-refractivity contribution in [3.63, 3.8) is 0 Å². The van der Waals surface area contributed by atoms with Gasteiger partial charge in [-0.2, -0.15) is 5.10 Å². The molecule has 1 amide bonds. The number of likely N-dealkylation sites (tertiary alicyclic amines) is 1. The van der Waals surface area contributed by atoms with Gasteiger partial charge >= 0.3 is 6.09 Å². The Morgan fingerprint density at radius 1 is 0.974 bits per heavy atom. The molecule has 2 aliphatic rings. The van der Waals surface area contributed by atoms with Crippen molar-refractivity contribution in [2.75, 3.05) is 24.5 Å². The second-order valence-electron chi connectivity index (χ2n) is 10.7. The van der Waals surface area contributed by atoms with Gasteiger partial charge in [-0.1, -0.05) is 48.5 Å². The molecule has 7 heteroatoms. The number of carbonyl (C=O) groups excluding carboxylic acids is 1. The lowest BCUT2D eigenvalue weighted by Crippen LogP contribution is -2.46. The number of nitrogens with zero attached hydrogens (tertiary/aromatic N) is 4. The van der Waals surface area contributed by atoms with E-state index in [4.69, 9.17) is 14.6 Å². The number of rotatable bonds is 7. The van der Waals surface area contributed by atoms with E-state index in [1.165, 1.54) is 0 Å². The Morgan fingerprint density at radius 3 is 2.39 bits per heavy atom. The van der Waals surface area contributed by atoms with Crippen LogP contribution in [0.15, 0.2) is 78.9 Å². The molecule has 2 fully saturated rings. The summed E-state index contributed by atoms with van der Waals surface area (Å²) in [7, 11) is 0. The minimum Gasteiger partial charge on any atom is -0.489 e. The van der Waals surface area contributed by atoms with E-state index in [1.54, 1.807) is 4.90 Å². The third-order valence-corrected chi connectivity index (χ3v) is 7.67. The van der Waals surface area contributed by atoms with E-state index in [-0.39, 0.29) is 12.1 Å². The van der Waals surface area contributed by atoms with Gasteiger partial charge in [0.1, 0.15) is 18.0 Å². The van der Waals surface area contributed by atoms with E-state index in [0.29, 0.717) is 13.2 Å². The molecule has 196 valence electrons. The maximum absolute atomic E-state index is 12.7. The van der Waals surface area contributed by atoms with Crippen molar-refractivity contribution < 1.29 is 14.3 Å². The molecule has 0 unspecified atom stereocenters. The maximum Gasteiger partial charge on any atom is 0.415 e. The van der Waals surface area contributed by atoms with Crippen molar-refractivity contribution in [1.82, 2.24) is 14.7 Å². The number of hydrogen-bond donors (Lipinski definition) is 0. The zero-order chi connectivity index (χ0) is 26.1. The van der Waals surface area contributed by atoms with Gasteiger partial charge in [0.2, 0.25) is 0 Å². The second kappa shape index (κ2) is 10.1. The summed E-state index contributed by atoms with van der Waals surface area (Å²) >= 11 is 0. The first-order valence-electron chi connectivity index (χ1n) is 13.5. The molecule has 6 rings (SSSR count). The third-order valence-electron chi connectivity index (χ3n) is 7.67. The predicted octanol–water partition coefficient (Wildman–Crippen LogP) is 6.19. The Hall–Kier alpha value is -3.84. The summed E-state index contributed by atoms with van der Waals surface area (Å²) in [6.45, 7) is 7.93. The highest BCUT2D eigenvalue weighted by Gasteiger charge is 2.47. The molecule has 0 N–H and O–H groups in total. The molecule has 7 nitrogen and oxygen atoms in total. The minimum absolute atomic E-state index is 0.241. The van der Waals surface area contributed by atoms with E-state index in [1.807, 2.05) is 54.6 Å². The van der Waals surface area contributed by atoms with Crippen LogP contribution in [0, 0.1) is 0 Å². The number of amides is 1. The van der Waals surface area contributed by atoms with Crippen molar-refractivity contribution in [3.8, 4) is 5.75 Å². The lowest BCUT2D eigenvalue weighted by Gasteiger charge is -2.37. The monoisotopic (exact) mass is 510 g/mol. The molecule has 4 aromatic rings. The summed E-state index contributed by atoms with van der Waals surface area (Å²) in [6.07, 6.45) is 1.39. The number of benzene rings is 3. The molecule has 0 saturated carbocycles. The standard InChI is InChI=1S/C31H34N4O3/c1-23(2)35-29-14-13-26(37-21-24-9-5-3-6-10-24)19-27(29)28(32-35)20-33-17-15-31(16-18-33)22-34(30(36)38-31)25-11-7-4-8-12-25/h3-14,19,23H,15-18,20-22H2,1-2H3. The largest absolute Gasteiger partial charge is 0.489 e. The van der Waals surface area contributed by atoms with Gasteiger partial charge in [-0.05, 0) is 49.7 Å². The van der Waals surface area contributed by atoms with Crippen molar-refractivity contribution in [2.45, 2.75) is 51.5 Å². The second-order valence-corrected chi connectivity index (χ2v) is 10.7. The zero-order valence-electron chi connectivity index (χ0n) is 22.0. The average molecular weight is 511 g/mol. The molecule has 0 atom stereocenters. The van der Waals surface area contributed by atoms with Crippen molar-refractivity contribution in [2.24, 2.45) is 0 Å². The molecule has 2 saturated heterocycles. The van der Waals surface area contributed by atoms with Gasteiger partial charge in [0.15, 0.2) is 0 Å². The van der Waals surface area contributed by atoms with Gasteiger partial charge in [0, 0.05) is 49.6 Å². The lowest BCUT2D eigenvalue weighted by molar-refractivity contribution is -0.00119. The summed E-state index contributed by atoms with van der Waals surface area (Å²) in [5, 5.41) is 6.15. The van der Waals surface area contributed by atoms with Crippen LogP contribution in [0.25, 0.3) is 10.9 Å². The maximum atomic E-state index is 12.7. The number of fused-ring (bicyclic) bond motifs is 1. The lowest BCUT2D eigenvalue weighted by atomic mass is 9.91. The number of anilines is 1. The van der Waals surface area contributed by atoms with Gasteiger partial charge in [-0.15, -0.1) is 0 Å². The van der Waals surface area contributed by atoms with Crippen molar-refractivity contribution in [1.29, 1.82) is 0 Å². The van der Waals surface area contributed by atoms with Crippen LogP contribution in [-0.4, -0.2) is 46.0 Å². The number of aromatic nitrogens is 2. The summed E-state index contributed by atoms with van der Waals surface area (Å²) in [6, 6.07) is 26.5. The summed E-state index contributed by atoms with van der Waals surface area (Å²) < 4.78 is 14.2. The van der Waals surface area contributed by atoms with Gasteiger partial charge < -0.3 is 9.47 Å². The Morgan fingerprint density at radius 2 is 1.68 bits per heavy atom. The molecule has 0 aliphatic carbocycles. The van der Waals surface area contributed by atoms with E-state index < -0.39 is 5.60 Å². The normalized spacial score (nSPS) is 17.4. The third kappa shape index (κ3) is 4.86. The molecule has 0 bridgehead atoms. The van der Waals surface area contributed by atoms with E-state index >= 15 is 0 Å². The number of ether oxygens (including phenoxy) is 2. The van der Waals surface area contributed by atoms with Crippen molar-refractivity contribution in [3.05, 3.63) is 90.1 Å². The van der Waals surface area contributed by atoms with E-state index in [0.717, 1.165) is 66.1 Å². The van der Waals surface area contributed by atoms with Crippen LogP contribution in [-0.2, 0) is 17.9 Å². The van der Waals surface area contributed by atoms with Crippen LogP contribution in [0.2, 0.25) is 0 Å². The number of para-hydroxylation sites is 1. The van der Waals surface area contributed by atoms with Gasteiger partial charge in [-0.25, -0.2) is 4.79 Å². The highest BCUT2D eigenvalue weighted by Crippen LogP contribution is 2.36. The van der Waals surface area contributed by atoms with Crippen LogP contribution in [0.1, 0.15) is 44.0 Å². The van der Waals surface area contributed by atoms with E-state index in [2.05, 4.69) is 47.7 Å². The van der Waals surface area contributed by atoms with E-state index in [9.17, 15) is 4.79 Å². The highest BCUT2D eigenvalue weighted by atomic mass is 16.6. The molecule has 0 radical (unpaired) electrons. The summed E-state index contributed by atoms with van der Waals surface area (Å²) in [4.78, 5) is 16.9. The molecule has 1 aromatic heterocycles. The van der Waals surface area contributed by atoms with Crippen LogP contribution in [0.4, 0.5) is 10.5 Å². The van der Waals surface area contributed by atoms with Gasteiger partial charge in [-0.3, -0.25) is 14.5 Å². The molecule has 38 heavy (non-hydrogen) atoms. The molecule has 3 aromatic carbocycles. The molecular weight excluding hydrogens is 476 g/mol. The predicted molar refractivity (Wildman–Crippen MR) is 148 cm³/mol. The molecular formula is C31H34N4O3. The number of piperidine rings is 1. The Kier molecular flexibility index (Phi) is 6.54. The number of hydrogen-bond acceptors (Lipinski definition) is 5. The van der Waals surface area contributed by atoms with Crippen molar-refractivity contribution >= 4 is 22.7 Å². The quantitative estimate of drug-likeness (QED) is 0.297. The highest BCUT2D eigenvalue weighted by molar-refractivity contribution is 5.90. The molecule has 3 heterocycles. The fourth-order valence-corrected chi connectivity index (χ4v) is 5.55. The minimum atomic E-state index is -0.415. The summed E-state index contributed by atoms with van der Waals surface area (Å²) in [5.74, 6) is 0.849. The topological polar surface area (TPSA) is 59.8 Å². The fourth-order valence-electron chi connectivity index (χ4n) is 5.55. The smallest absolute Gasteiger partial charge is 0.415 e. The fraction of sp³-hybridized carbons (Fsp3) is 0.355.